The molecule has 0 aliphatic carbocycles. The SMILES string of the molecule is CC(C)=Nc1nccc(N(CC2CCN(C(C)C)CC2)C(=O)c2ccc3c(c2)CCO3)n1. The van der Waals surface area contributed by atoms with Crippen LogP contribution in [0.25, 0.3) is 0 Å². The molecule has 2 aliphatic rings. The summed E-state index contributed by atoms with van der Waals surface area (Å²) in [4.78, 5) is 31.3. The topological polar surface area (TPSA) is 70.9 Å². The molecule has 7 nitrogen and oxygen atoms in total. The van der Waals surface area contributed by atoms with Crippen molar-refractivity contribution in [3.63, 3.8) is 0 Å². The summed E-state index contributed by atoms with van der Waals surface area (Å²) in [7, 11) is 0. The molecule has 0 radical (unpaired) electrons. The Bertz CT molecular complexity index is 992. The van der Waals surface area contributed by atoms with Gasteiger partial charge < -0.3 is 9.64 Å². The summed E-state index contributed by atoms with van der Waals surface area (Å²) < 4.78 is 5.62. The first-order chi connectivity index (χ1) is 15.4. The minimum atomic E-state index is -0.0344. The van der Waals surface area contributed by atoms with E-state index in [-0.39, 0.29) is 5.91 Å². The first-order valence-electron chi connectivity index (χ1n) is 11.6. The molecule has 1 aromatic heterocycles. The van der Waals surface area contributed by atoms with E-state index in [9.17, 15) is 4.79 Å². The average molecular weight is 436 g/mol. The number of benzene rings is 1. The Balaban J connectivity index is 1.61. The quantitative estimate of drug-likeness (QED) is 0.633. The maximum absolute atomic E-state index is 13.7. The van der Waals surface area contributed by atoms with E-state index in [2.05, 4.69) is 33.7 Å². The van der Waals surface area contributed by atoms with E-state index < -0.39 is 0 Å². The van der Waals surface area contributed by atoms with Crippen molar-refractivity contribution in [2.24, 2.45) is 10.9 Å². The fraction of sp³-hybridized carbons (Fsp3) is 0.520. The Hall–Kier alpha value is -2.80. The number of piperidine rings is 1. The van der Waals surface area contributed by atoms with Crippen molar-refractivity contribution < 1.29 is 9.53 Å². The van der Waals surface area contributed by atoms with Gasteiger partial charge in [-0.3, -0.25) is 9.69 Å². The molecule has 0 spiro atoms. The van der Waals surface area contributed by atoms with Crippen LogP contribution in [0, 0.1) is 5.92 Å². The highest BCUT2D eigenvalue weighted by atomic mass is 16.5. The molecular weight excluding hydrogens is 402 g/mol. The van der Waals surface area contributed by atoms with Gasteiger partial charge in [0.15, 0.2) is 0 Å². The van der Waals surface area contributed by atoms with Gasteiger partial charge in [0.1, 0.15) is 11.6 Å². The first kappa shape index (κ1) is 22.4. The molecular formula is C25H33N5O2. The Labute approximate surface area is 190 Å². The number of carbonyl (C=O) groups is 1. The molecule has 1 fully saturated rings. The fourth-order valence-corrected chi connectivity index (χ4v) is 4.41. The van der Waals surface area contributed by atoms with Gasteiger partial charge in [-0.25, -0.2) is 9.98 Å². The average Bonchev–Trinajstić information content (AvgIpc) is 3.25. The van der Waals surface area contributed by atoms with Crippen LogP contribution in [0.2, 0.25) is 0 Å². The number of fused-ring (bicyclic) bond motifs is 1. The summed E-state index contributed by atoms with van der Waals surface area (Å²) in [6.45, 7) is 11.8. The zero-order valence-corrected chi connectivity index (χ0v) is 19.5. The molecule has 32 heavy (non-hydrogen) atoms. The number of nitrogens with zero attached hydrogens (tertiary/aromatic N) is 5. The molecule has 0 N–H and O–H groups in total. The lowest BCUT2D eigenvalue weighted by molar-refractivity contribution is 0.0969. The maximum atomic E-state index is 13.7. The number of rotatable bonds is 6. The van der Waals surface area contributed by atoms with Crippen molar-refractivity contribution in [1.82, 2.24) is 14.9 Å². The van der Waals surface area contributed by atoms with Crippen molar-refractivity contribution in [2.45, 2.75) is 53.0 Å². The van der Waals surface area contributed by atoms with Gasteiger partial charge in [0, 0.05) is 36.5 Å². The third-order valence-corrected chi connectivity index (χ3v) is 6.23. The third-order valence-electron chi connectivity index (χ3n) is 6.23. The second kappa shape index (κ2) is 9.77. The molecule has 1 amide bonds. The van der Waals surface area contributed by atoms with Gasteiger partial charge in [-0.05, 0) is 89.4 Å². The van der Waals surface area contributed by atoms with Gasteiger partial charge in [-0.2, -0.15) is 4.98 Å². The van der Waals surface area contributed by atoms with Crippen LogP contribution >= 0.6 is 0 Å². The molecule has 1 aromatic carbocycles. The number of aliphatic imine (C=N–C) groups is 1. The number of aromatic nitrogens is 2. The Kier molecular flexibility index (Phi) is 6.84. The van der Waals surface area contributed by atoms with Gasteiger partial charge in [-0.1, -0.05) is 0 Å². The molecule has 170 valence electrons. The summed E-state index contributed by atoms with van der Waals surface area (Å²) in [5.41, 5.74) is 2.64. The number of amides is 1. The number of hydrogen-bond acceptors (Lipinski definition) is 6. The monoisotopic (exact) mass is 435 g/mol. The fourth-order valence-electron chi connectivity index (χ4n) is 4.41. The van der Waals surface area contributed by atoms with Crippen LogP contribution in [-0.4, -0.2) is 58.8 Å². The van der Waals surface area contributed by atoms with Crippen LogP contribution in [0.1, 0.15) is 56.5 Å². The molecule has 0 bridgehead atoms. The minimum Gasteiger partial charge on any atom is -0.493 e. The normalized spacial score (nSPS) is 16.5. The van der Waals surface area contributed by atoms with Crippen molar-refractivity contribution in [2.75, 3.05) is 31.1 Å². The van der Waals surface area contributed by atoms with Gasteiger partial charge in [0.25, 0.3) is 11.9 Å². The third kappa shape index (κ3) is 5.15. The van der Waals surface area contributed by atoms with E-state index >= 15 is 0 Å². The predicted octanol–water partition coefficient (Wildman–Crippen LogP) is 4.29. The number of hydrogen-bond donors (Lipinski definition) is 0. The summed E-state index contributed by atoms with van der Waals surface area (Å²) in [5.74, 6) is 2.27. The van der Waals surface area contributed by atoms with Crippen LogP contribution in [0.3, 0.4) is 0 Å². The minimum absolute atomic E-state index is 0.0344. The van der Waals surface area contributed by atoms with Crippen LogP contribution in [0.15, 0.2) is 35.5 Å². The highest BCUT2D eigenvalue weighted by molar-refractivity contribution is 6.06. The summed E-state index contributed by atoms with van der Waals surface area (Å²) in [6.07, 6.45) is 4.67. The van der Waals surface area contributed by atoms with Crippen molar-refractivity contribution in [3.8, 4) is 5.75 Å². The zero-order valence-electron chi connectivity index (χ0n) is 19.5. The highest BCUT2D eigenvalue weighted by Gasteiger charge is 2.28. The van der Waals surface area contributed by atoms with E-state index in [1.807, 2.05) is 43.0 Å². The second-order valence-electron chi connectivity index (χ2n) is 9.18. The lowest BCUT2D eigenvalue weighted by Gasteiger charge is -2.36. The summed E-state index contributed by atoms with van der Waals surface area (Å²) in [6, 6.07) is 8.10. The molecule has 2 aliphatic heterocycles. The largest absolute Gasteiger partial charge is 0.493 e. The van der Waals surface area contributed by atoms with Crippen molar-refractivity contribution in [3.05, 3.63) is 41.6 Å². The van der Waals surface area contributed by atoms with Crippen molar-refractivity contribution >= 4 is 23.4 Å². The number of anilines is 1. The molecule has 0 saturated carbocycles. The Morgan fingerprint density at radius 3 is 2.75 bits per heavy atom. The molecule has 0 unspecified atom stereocenters. The van der Waals surface area contributed by atoms with Crippen molar-refractivity contribution in [1.29, 1.82) is 0 Å². The predicted molar refractivity (Wildman–Crippen MR) is 127 cm³/mol. The molecule has 3 heterocycles. The summed E-state index contributed by atoms with van der Waals surface area (Å²) in [5, 5.41) is 0. The smallest absolute Gasteiger partial charge is 0.259 e. The standard InChI is InChI=1S/C25H33N5O2/c1-17(2)27-25-26-11-7-23(28-25)30(16-19-8-12-29(13-9-19)18(3)4)24(31)21-5-6-22-20(15-21)10-14-32-22/h5-7,11,15,18-19H,8-10,12-14,16H2,1-4H3. The van der Waals surface area contributed by atoms with Crippen LogP contribution in [-0.2, 0) is 6.42 Å². The first-order valence-corrected chi connectivity index (χ1v) is 11.6. The maximum Gasteiger partial charge on any atom is 0.259 e. The van der Waals surface area contributed by atoms with E-state index in [0.29, 0.717) is 42.4 Å². The Morgan fingerprint density at radius 2 is 2.03 bits per heavy atom. The van der Waals surface area contributed by atoms with Gasteiger partial charge in [0.2, 0.25) is 0 Å². The van der Waals surface area contributed by atoms with E-state index in [1.165, 1.54) is 0 Å². The lowest BCUT2D eigenvalue weighted by Crippen LogP contribution is -2.43. The highest BCUT2D eigenvalue weighted by Crippen LogP contribution is 2.29. The van der Waals surface area contributed by atoms with Gasteiger partial charge >= 0.3 is 0 Å². The Morgan fingerprint density at radius 1 is 1.25 bits per heavy atom. The molecule has 0 atom stereocenters. The summed E-state index contributed by atoms with van der Waals surface area (Å²) >= 11 is 0. The number of likely N-dealkylation sites (tertiary alicyclic amines) is 1. The van der Waals surface area contributed by atoms with E-state index in [4.69, 9.17) is 4.74 Å². The van der Waals surface area contributed by atoms with E-state index in [1.54, 1.807) is 6.20 Å². The molecule has 1 saturated heterocycles. The second-order valence-corrected chi connectivity index (χ2v) is 9.18. The van der Waals surface area contributed by atoms with E-state index in [0.717, 1.165) is 49.4 Å². The number of ether oxygens (including phenoxy) is 1. The van der Waals surface area contributed by atoms with Crippen LogP contribution < -0.4 is 9.64 Å². The van der Waals surface area contributed by atoms with Crippen LogP contribution in [0.4, 0.5) is 11.8 Å². The van der Waals surface area contributed by atoms with Gasteiger partial charge in [0.05, 0.1) is 6.61 Å². The van der Waals surface area contributed by atoms with Crippen LogP contribution in [0.5, 0.6) is 5.75 Å². The number of carbonyl (C=O) groups excluding carboxylic acids is 1. The zero-order chi connectivity index (χ0) is 22.7. The molecule has 2 aromatic rings. The van der Waals surface area contributed by atoms with Gasteiger partial charge in [-0.15, -0.1) is 0 Å². The lowest BCUT2D eigenvalue weighted by atomic mass is 9.95. The molecule has 7 heteroatoms. The molecule has 4 rings (SSSR count).